The molecule has 0 amide bonds. The first-order valence-electron chi connectivity index (χ1n) is 8.12. The molecule has 2 unspecified atom stereocenters. The van der Waals surface area contributed by atoms with Crippen molar-refractivity contribution in [3.63, 3.8) is 0 Å². The predicted molar refractivity (Wildman–Crippen MR) is 93.2 cm³/mol. The minimum absolute atomic E-state index is 0.457. The number of nitrogens with zero attached hydrogens (tertiary/aromatic N) is 1. The normalized spacial score (nSPS) is 21.2. The lowest BCUT2D eigenvalue weighted by atomic mass is 10.1. The van der Waals surface area contributed by atoms with Crippen LogP contribution in [0.4, 0.5) is 0 Å². The highest BCUT2D eigenvalue weighted by molar-refractivity contribution is 7.19. The summed E-state index contributed by atoms with van der Waals surface area (Å²) in [5.41, 5.74) is 1.46. The fourth-order valence-corrected chi connectivity index (χ4v) is 4.65. The zero-order chi connectivity index (χ0) is 14.8. The van der Waals surface area contributed by atoms with E-state index in [2.05, 4.69) is 55.3 Å². The lowest BCUT2D eigenvalue weighted by Gasteiger charge is -2.18. The Labute approximate surface area is 132 Å². The Kier molecular flexibility index (Phi) is 4.63. The van der Waals surface area contributed by atoms with Crippen LogP contribution in [0.2, 0.25) is 0 Å². The predicted octanol–water partition coefficient (Wildman–Crippen LogP) is 4.20. The van der Waals surface area contributed by atoms with Gasteiger partial charge in [-0.05, 0) is 62.8 Å². The van der Waals surface area contributed by atoms with Crippen LogP contribution in [0.1, 0.15) is 36.8 Å². The molecular formula is C18H26N2S. The summed E-state index contributed by atoms with van der Waals surface area (Å²) in [4.78, 5) is 4.06. The summed E-state index contributed by atoms with van der Waals surface area (Å²) in [5, 5.41) is 5.19. The molecule has 2 heterocycles. The minimum Gasteiger partial charge on any atom is -0.309 e. The maximum Gasteiger partial charge on any atom is 0.0389 e. The number of hydrogen-bond acceptors (Lipinski definition) is 3. The van der Waals surface area contributed by atoms with E-state index < -0.39 is 0 Å². The number of rotatable bonds is 5. The molecular weight excluding hydrogens is 276 g/mol. The molecule has 2 atom stereocenters. The van der Waals surface area contributed by atoms with E-state index in [4.69, 9.17) is 0 Å². The molecule has 21 heavy (non-hydrogen) atoms. The fraction of sp³-hybridized carbons (Fsp3) is 0.556. The van der Waals surface area contributed by atoms with Gasteiger partial charge in [-0.1, -0.05) is 25.1 Å². The monoisotopic (exact) mass is 302 g/mol. The van der Waals surface area contributed by atoms with Crippen molar-refractivity contribution in [3.05, 3.63) is 34.7 Å². The number of likely N-dealkylation sites (tertiary alicyclic amines) is 1. The number of fused-ring (bicyclic) bond motifs is 1. The van der Waals surface area contributed by atoms with Crippen molar-refractivity contribution in [2.75, 3.05) is 26.2 Å². The average molecular weight is 302 g/mol. The Morgan fingerprint density at radius 3 is 2.90 bits per heavy atom. The molecule has 1 fully saturated rings. The Bertz CT molecular complexity index is 604. The summed E-state index contributed by atoms with van der Waals surface area (Å²) >= 11 is 1.95. The highest BCUT2D eigenvalue weighted by atomic mass is 32.1. The van der Waals surface area contributed by atoms with E-state index in [-0.39, 0.29) is 0 Å². The molecule has 1 aliphatic rings. The van der Waals surface area contributed by atoms with E-state index in [0.717, 1.165) is 12.5 Å². The first kappa shape index (κ1) is 15.0. The molecule has 114 valence electrons. The van der Waals surface area contributed by atoms with E-state index in [0.29, 0.717) is 6.04 Å². The van der Waals surface area contributed by atoms with Crippen LogP contribution >= 0.6 is 11.3 Å². The third-order valence-corrected chi connectivity index (χ3v) is 6.26. The first-order valence-corrected chi connectivity index (χ1v) is 8.94. The van der Waals surface area contributed by atoms with Crippen LogP contribution in [0.15, 0.2) is 24.3 Å². The van der Waals surface area contributed by atoms with E-state index >= 15 is 0 Å². The van der Waals surface area contributed by atoms with E-state index in [1.54, 1.807) is 0 Å². The first-order chi connectivity index (χ1) is 10.2. The highest BCUT2D eigenvalue weighted by Crippen LogP contribution is 2.34. The van der Waals surface area contributed by atoms with Gasteiger partial charge in [0.15, 0.2) is 0 Å². The van der Waals surface area contributed by atoms with Gasteiger partial charge in [0.25, 0.3) is 0 Å². The maximum atomic E-state index is 3.77. The summed E-state index contributed by atoms with van der Waals surface area (Å²) in [5.74, 6) is 0.821. The number of benzene rings is 1. The van der Waals surface area contributed by atoms with Gasteiger partial charge in [0.1, 0.15) is 0 Å². The van der Waals surface area contributed by atoms with Gasteiger partial charge in [0.05, 0.1) is 0 Å². The SMILES string of the molecule is CCN1CCC(CNC(C)c2sc3ccccc3c2C)C1. The molecule has 3 rings (SSSR count). The maximum absolute atomic E-state index is 3.77. The molecule has 2 nitrogen and oxygen atoms in total. The molecule has 1 N–H and O–H groups in total. The van der Waals surface area contributed by atoms with Gasteiger partial charge in [0.2, 0.25) is 0 Å². The molecule has 0 saturated carbocycles. The zero-order valence-corrected chi connectivity index (χ0v) is 14.2. The van der Waals surface area contributed by atoms with Crippen LogP contribution in [0.25, 0.3) is 10.1 Å². The van der Waals surface area contributed by atoms with E-state index in [1.165, 1.54) is 46.6 Å². The van der Waals surface area contributed by atoms with Crippen molar-refractivity contribution in [3.8, 4) is 0 Å². The van der Waals surface area contributed by atoms with Crippen LogP contribution in [0.5, 0.6) is 0 Å². The van der Waals surface area contributed by atoms with E-state index in [9.17, 15) is 0 Å². The Morgan fingerprint density at radius 1 is 1.38 bits per heavy atom. The quantitative estimate of drug-likeness (QED) is 0.890. The standard InChI is InChI=1S/C18H26N2S/c1-4-20-10-9-15(12-20)11-19-14(3)18-13(2)16-7-5-6-8-17(16)21-18/h5-8,14-15,19H,4,9-12H2,1-3H3. The zero-order valence-electron chi connectivity index (χ0n) is 13.4. The highest BCUT2D eigenvalue weighted by Gasteiger charge is 2.22. The van der Waals surface area contributed by atoms with Crippen molar-refractivity contribution >= 4 is 21.4 Å². The van der Waals surface area contributed by atoms with Crippen LogP contribution in [0, 0.1) is 12.8 Å². The van der Waals surface area contributed by atoms with Gasteiger partial charge in [-0.15, -0.1) is 11.3 Å². The van der Waals surface area contributed by atoms with Crippen molar-refractivity contribution < 1.29 is 0 Å². The molecule has 2 aromatic rings. The summed E-state index contributed by atoms with van der Waals surface area (Å²) < 4.78 is 1.41. The average Bonchev–Trinajstić information content (AvgIpc) is 3.10. The Balaban J connectivity index is 1.64. The summed E-state index contributed by atoms with van der Waals surface area (Å²) in [6, 6.07) is 9.21. The molecule has 1 aromatic carbocycles. The molecule has 1 aliphatic heterocycles. The number of hydrogen-bond donors (Lipinski definition) is 1. The lowest BCUT2D eigenvalue weighted by Crippen LogP contribution is -2.28. The van der Waals surface area contributed by atoms with Gasteiger partial charge in [-0.25, -0.2) is 0 Å². The van der Waals surface area contributed by atoms with Gasteiger partial charge < -0.3 is 10.2 Å². The van der Waals surface area contributed by atoms with Crippen molar-refractivity contribution in [1.29, 1.82) is 0 Å². The largest absolute Gasteiger partial charge is 0.309 e. The summed E-state index contributed by atoms with van der Waals surface area (Å²) in [6.45, 7) is 11.7. The topological polar surface area (TPSA) is 15.3 Å². The van der Waals surface area contributed by atoms with Crippen molar-refractivity contribution in [2.45, 2.75) is 33.2 Å². The molecule has 1 aromatic heterocycles. The van der Waals surface area contributed by atoms with Crippen molar-refractivity contribution in [1.82, 2.24) is 10.2 Å². The second-order valence-electron chi connectivity index (χ2n) is 6.27. The Hall–Kier alpha value is -0.900. The number of nitrogens with one attached hydrogen (secondary N) is 1. The van der Waals surface area contributed by atoms with E-state index in [1.807, 2.05) is 11.3 Å². The fourth-order valence-electron chi connectivity index (χ4n) is 3.41. The Morgan fingerprint density at radius 2 is 2.19 bits per heavy atom. The van der Waals surface area contributed by atoms with Gasteiger partial charge in [-0.3, -0.25) is 0 Å². The van der Waals surface area contributed by atoms with Crippen LogP contribution in [-0.2, 0) is 0 Å². The lowest BCUT2D eigenvalue weighted by molar-refractivity contribution is 0.336. The number of thiophene rings is 1. The van der Waals surface area contributed by atoms with Crippen LogP contribution in [0.3, 0.4) is 0 Å². The molecule has 0 aliphatic carbocycles. The summed E-state index contributed by atoms with van der Waals surface area (Å²) in [7, 11) is 0. The molecule has 0 spiro atoms. The second kappa shape index (κ2) is 6.47. The van der Waals surface area contributed by atoms with Gasteiger partial charge >= 0.3 is 0 Å². The van der Waals surface area contributed by atoms with Crippen molar-refractivity contribution in [2.24, 2.45) is 5.92 Å². The smallest absolute Gasteiger partial charge is 0.0389 e. The number of aryl methyl sites for hydroxylation is 1. The minimum atomic E-state index is 0.457. The molecule has 3 heteroatoms. The third kappa shape index (κ3) is 3.15. The van der Waals surface area contributed by atoms with Gasteiger partial charge in [0, 0.05) is 22.2 Å². The molecule has 0 radical (unpaired) electrons. The third-order valence-electron chi connectivity index (χ3n) is 4.80. The molecule has 1 saturated heterocycles. The van der Waals surface area contributed by atoms with Gasteiger partial charge in [-0.2, -0.15) is 0 Å². The molecule has 0 bridgehead atoms. The van der Waals surface area contributed by atoms with Crippen LogP contribution < -0.4 is 5.32 Å². The summed E-state index contributed by atoms with van der Waals surface area (Å²) in [6.07, 6.45) is 1.35. The van der Waals surface area contributed by atoms with Crippen LogP contribution in [-0.4, -0.2) is 31.1 Å². The second-order valence-corrected chi connectivity index (χ2v) is 7.35.